The number of nitrogens with one attached hydrogen (secondary N) is 1. The van der Waals surface area contributed by atoms with E-state index in [0.717, 1.165) is 6.42 Å². The molecule has 0 saturated carbocycles. The summed E-state index contributed by atoms with van der Waals surface area (Å²) in [6.45, 7) is 7.47. The lowest BCUT2D eigenvalue weighted by molar-refractivity contribution is -0.147. The van der Waals surface area contributed by atoms with Crippen molar-refractivity contribution in [1.29, 1.82) is 0 Å². The van der Waals surface area contributed by atoms with Crippen molar-refractivity contribution in [2.24, 2.45) is 0 Å². The zero-order valence-corrected chi connectivity index (χ0v) is 10.5. The van der Waals surface area contributed by atoms with Crippen LogP contribution in [0.15, 0.2) is 11.6 Å². The summed E-state index contributed by atoms with van der Waals surface area (Å²) in [7, 11) is 0. The predicted molar refractivity (Wildman–Crippen MR) is 62.9 cm³/mol. The average Bonchev–Trinajstić information content (AvgIpc) is 2.15. The lowest BCUT2D eigenvalue weighted by Gasteiger charge is -2.15. The van der Waals surface area contributed by atoms with Crippen LogP contribution in [0.4, 0.5) is 0 Å². The number of esters is 1. The van der Waals surface area contributed by atoms with Crippen LogP contribution in [0.1, 0.15) is 40.5 Å². The Morgan fingerprint density at radius 1 is 1.31 bits per heavy atom. The number of ether oxygens (including phenoxy) is 1. The van der Waals surface area contributed by atoms with Gasteiger partial charge in [0.1, 0.15) is 6.04 Å². The number of allylic oxidation sites excluding steroid dienone is 2. The second-order valence-electron chi connectivity index (χ2n) is 3.86. The maximum Gasteiger partial charge on any atom is 0.328 e. The van der Waals surface area contributed by atoms with Crippen molar-refractivity contribution in [2.75, 3.05) is 6.61 Å². The molecule has 0 fully saturated rings. The molecule has 0 heterocycles. The molecule has 0 rings (SSSR count). The molecule has 0 aliphatic carbocycles. The topological polar surface area (TPSA) is 55.4 Å². The zero-order valence-electron chi connectivity index (χ0n) is 10.5. The highest BCUT2D eigenvalue weighted by Crippen LogP contribution is 2.03. The Hall–Kier alpha value is -1.32. The van der Waals surface area contributed by atoms with Crippen LogP contribution in [-0.4, -0.2) is 24.5 Å². The minimum atomic E-state index is -0.534. The van der Waals surface area contributed by atoms with Gasteiger partial charge >= 0.3 is 5.97 Å². The molecule has 0 aromatic heterocycles. The third-order valence-corrected chi connectivity index (χ3v) is 1.96. The first kappa shape index (κ1) is 14.7. The third kappa shape index (κ3) is 7.04. The highest BCUT2D eigenvalue weighted by Gasteiger charge is 2.19. The number of hydrogen-bond donors (Lipinski definition) is 1. The van der Waals surface area contributed by atoms with Crippen LogP contribution in [0.5, 0.6) is 0 Å². The van der Waals surface area contributed by atoms with Gasteiger partial charge in [0.25, 0.3) is 0 Å². The lowest BCUT2D eigenvalue weighted by Crippen LogP contribution is -2.40. The molecule has 1 atom stereocenters. The molecule has 0 aliphatic rings. The summed E-state index contributed by atoms with van der Waals surface area (Å²) < 4.78 is 4.89. The van der Waals surface area contributed by atoms with Gasteiger partial charge in [-0.3, -0.25) is 4.79 Å². The van der Waals surface area contributed by atoms with Crippen molar-refractivity contribution in [2.45, 2.75) is 46.6 Å². The van der Waals surface area contributed by atoms with Crippen molar-refractivity contribution >= 4 is 11.9 Å². The molecular weight excluding hydrogens is 206 g/mol. The van der Waals surface area contributed by atoms with Gasteiger partial charge in [0.15, 0.2) is 0 Å². The Bertz CT molecular complexity index is 267. The Labute approximate surface area is 97.1 Å². The van der Waals surface area contributed by atoms with Crippen LogP contribution in [-0.2, 0) is 14.3 Å². The van der Waals surface area contributed by atoms with Crippen molar-refractivity contribution in [3.05, 3.63) is 11.6 Å². The molecule has 1 amide bonds. The van der Waals surface area contributed by atoms with E-state index in [-0.39, 0.29) is 11.9 Å². The summed E-state index contributed by atoms with van der Waals surface area (Å²) in [5.74, 6) is -0.574. The Morgan fingerprint density at radius 2 is 1.94 bits per heavy atom. The fraction of sp³-hybridized carbons (Fsp3) is 0.667. The number of rotatable bonds is 6. The van der Waals surface area contributed by atoms with Crippen LogP contribution in [0.3, 0.4) is 0 Å². The van der Waals surface area contributed by atoms with E-state index in [0.29, 0.717) is 13.0 Å². The summed E-state index contributed by atoms with van der Waals surface area (Å²) in [5, 5.41) is 2.60. The Morgan fingerprint density at radius 3 is 2.38 bits per heavy atom. The van der Waals surface area contributed by atoms with Gasteiger partial charge in [0.05, 0.1) is 6.61 Å². The fourth-order valence-corrected chi connectivity index (χ4v) is 1.28. The van der Waals surface area contributed by atoms with Gasteiger partial charge in [0.2, 0.25) is 5.91 Å². The summed E-state index contributed by atoms with van der Waals surface area (Å²) in [5.41, 5.74) is 1.20. The van der Waals surface area contributed by atoms with Crippen molar-refractivity contribution < 1.29 is 14.3 Å². The van der Waals surface area contributed by atoms with E-state index < -0.39 is 6.04 Å². The number of carbonyl (C=O) groups excluding carboxylic acids is 2. The minimum Gasteiger partial charge on any atom is -0.464 e. The smallest absolute Gasteiger partial charge is 0.328 e. The summed E-state index contributed by atoms with van der Waals surface area (Å²) >= 11 is 0. The van der Waals surface area contributed by atoms with Crippen molar-refractivity contribution in [3.8, 4) is 0 Å². The standard InChI is InChI=1S/C12H21NO3/c1-5-16-12(15)11(13-10(4)14)8-6-7-9(2)3/h7,11H,5-6,8H2,1-4H3,(H,13,14). The summed E-state index contributed by atoms with van der Waals surface area (Å²) in [6, 6.07) is -0.534. The van der Waals surface area contributed by atoms with E-state index in [1.165, 1.54) is 12.5 Å². The maximum atomic E-state index is 11.5. The second kappa shape index (κ2) is 7.91. The minimum absolute atomic E-state index is 0.213. The maximum absolute atomic E-state index is 11.5. The first-order chi connectivity index (χ1) is 7.47. The van der Waals surface area contributed by atoms with Gasteiger partial charge in [-0.05, 0) is 33.6 Å². The molecule has 0 aliphatic heterocycles. The number of amides is 1. The van der Waals surface area contributed by atoms with Crippen LogP contribution in [0, 0.1) is 0 Å². The van der Waals surface area contributed by atoms with Crippen LogP contribution in [0.25, 0.3) is 0 Å². The number of hydrogen-bond acceptors (Lipinski definition) is 3. The monoisotopic (exact) mass is 227 g/mol. The summed E-state index contributed by atoms with van der Waals surface area (Å²) in [4.78, 5) is 22.4. The van der Waals surface area contributed by atoms with Crippen molar-refractivity contribution in [3.63, 3.8) is 0 Å². The van der Waals surface area contributed by atoms with Crippen LogP contribution < -0.4 is 5.32 Å². The van der Waals surface area contributed by atoms with Gasteiger partial charge in [-0.1, -0.05) is 11.6 Å². The quantitative estimate of drug-likeness (QED) is 0.556. The zero-order chi connectivity index (χ0) is 12.6. The molecule has 1 N–H and O–H groups in total. The van der Waals surface area contributed by atoms with Gasteiger partial charge < -0.3 is 10.1 Å². The number of carbonyl (C=O) groups is 2. The SMILES string of the molecule is CCOC(=O)C(CCC=C(C)C)NC(C)=O. The Kier molecular flexibility index (Phi) is 7.25. The third-order valence-electron chi connectivity index (χ3n) is 1.96. The lowest BCUT2D eigenvalue weighted by atomic mass is 10.1. The van der Waals surface area contributed by atoms with Crippen molar-refractivity contribution in [1.82, 2.24) is 5.32 Å². The average molecular weight is 227 g/mol. The van der Waals surface area contributed by atoms with Crippen LogP contribution in [0.2, 0.25) is 0 Å². The molecule has 92 valence electrons. The molecule has 0 bridgehead atoms. The van der Waals surface area contributed by atoms with E-state index in [9.17, 15) is 9.59 Å². The predicted octanol–water partition coefficient (Wildman–Crippen LogP) is 1.80. The highest BCUT2D eigenvalue weighted by molar-refractivity contribution is 5.83. The molecular formula is C12H21NO3. The van der Waals surface area contributed by atoms with Gasteiger partial charge in [0, 0.05) is 6.92 Å². The first-order valence-electron chi connectivity index (χ1n) is 5.54. The van der Waals surface area contributed by atoms with Gasteiger partial charge in [-0.2, -0.15) is 0 Å². The largest absolute Gasteiger partial charge is 0.464 e. The molecule has 4 nitrogen and oxygen atoms in total. The van der Waals surface area contributed by atoms with E-state index >= 15 is 0 Å². The first-order valence-corrected chi connectivity index (χ1v) is 5.54. The molecule has 0 saturated heterocycles. The summed E-state index contributed by atoms with van der Waals surface area (Å²) in [6.07, 6.45) is 3.36. The molecule has 0 radical (unpaired) electrons. The van der Waals surface area contributed by atoms with Crippen LogP contribution >= 0.6 is 0 Å². The molecule has 0 spiro atoms. The fourth-order valence-electron chi connectivity index (χ4n) is 1.28. The molecule has 1 unspecified atom stereocenters. The normalized spacial score (nSPS) is 11.5. The molecule has 0 aromatic rings. The Balaban J connectivity index is 4.25. The van der Waals surface area contributed by atoms with Gasteiger partial charge in [-0.25, -0.2) is 4.79 Å². The van der Waals surface area contributed by atoms with E-state index in [4.69, 9.17) is 4.74 Å². The molecule has 16 heavy (non-hydrogen) atoms. The highest BCUT2D eigenvalue weighted by atomic mass is 16.5. The molecule has 0 aromatic carbocycles. The molecule has 4 heteroatoms. The van der Waals surface area contributed by atoms with E-state index in [1.54, 1.807) is 6.92 Å². The van der Waals surface area contributed by atoms with E-state index in [1.807, 2.05) is 19.9 Å². The van der Waals surface area contributed by atoms with Gasteiger partial charge in [-0.15, -0.1) is 0 Å². The second-order valence-corrected chi connectivity index (χ2v) is 3.86. The van der Waals surface area contributed by atoms with E-state index in [2.05, 4.69) is 5.32 Å².